The molecule has 2 bridgehead atoms. The summed E-state index contributed by atoms with van der Waals surface area (Å²) in [5.41, 5.74) is 6.19. The molecular weight excluding hydrogens is 313 g/mol. The van der Waals surface area contributed by atoms with Crippen molar-refractivity contribution in [3.8, 4) is 0 Å². The van der Waals surface area contributed by atoms with Crippen molar-refractivity contribution in [2.24, 2.45) is 23.5 Å². The number of amides is 1. The summed E-state index contributed by atoms with van der Waals surface area (Å²) in [4.78, 5) is 14.6. The van der Waals surface area contributed by atoms with E-state index in [1.165, 1.54) is 19.3 Å². The lowest BCUT2D eigenvalue weighted by molar-refractivity contribution is -0.127. The summed E-state index contributed by atoms with van der Waals surface area (Å²) in [5, 5.41) is 3.09. The second kappa shape index (κ2) is 8.53. The van der Waals surface area contributed by atoms with Crippen molar-refractivity contribution >= 4 is 30.7 Å². The molecule has 4 atom stereocenters. The standard InChI is InChI=1S/C14H25N3O2.2ClH/c15-13-11-2-1-10(9-11)12(13)14(18)16-3-4-17-5-7-19-8-6-17;;/h10-13H,1-9,15H2,(H,16,18);2*1H. The van der Waals surface area contributed by atoms with Gasteiger partial charge in [-0.2, -0.15) is 0 Å². The highest BCUT2D eigenvalue weighted by molar-refractivity contribution is 5.85. The van der Waals surface area contributed by atoms with Crippen molar-refractivity contribution < 1.29 is 9.53 Å². The van der Waals surface area contributed by atoms with E-state index >= 15 is 0 Å². The highest BCUT2D eigenvalue weighted by atomic mass is 35.5. The Balaban J connectivity index is 0.00000110. The maximum Gasteiger partial charge on any atom is 0.225 e. The molecule has 0 radical (unpaired) electrons. The second-order valence-corrected chi connectivity index (χ2v) is 6.18. The van der Waals surface area contributed by atoms with Crippen molar-refractivity contribution in [3.63, 3.8) is 0 Å². The lowest BCUT2D eigenvalue weighted by Gasteiger charge is -2.29. The van der Waals surface area contributed by atoms with Crippen molar-refractivity contribution in [1.82, 2.24) is 10.2 Å². The second-order valence-electron chi connectivity index (χ2n) is 6.18. The Bertz CT molecular complexity index is 338. The molecule has 21 heavy (non-hydrogen) atoms. The lowest BCUT2D eigenvalue weighted by atomic mass is 9.84. The third-order valence-electron chi connectivity index (χ3n) is 5.11. The number of fused-ring (bicyclic) bond motifs is 2. The van der Waals surface area contributed by atoms with Gasteiger partial charge in [-0.1, -0.05) is 0 Å². The molecule has 0 aromatic heterocycles. The first-order valence-corrected chi connectivity index (χ1v) is 7.59. The molecule has 3 aliphatic rings. The number of halogens is 2. The van der Waals surface area contributed by atoms with Crippen molar-refractivity contribution in [2.75, 3.05) is 39.4 Å². The van der Waals surface area contributed by atoms with E-state index in [1.807, 2.05) is 0 Å². The molecule has 1 amide bonds. The number of carbonyl (C=O) groups is 1. The van der Waals surface area contributed by atoms with E-state index in [0.717, 1.165) is 39.4 Å². The zero-order chi connectivity index (χ0) is 13.2. The Labute approximate surface area is 139 Å². The lowest BCUT2D eigenvalue weighted by Crippen LogP contribution is -2.47. The van der Waals surface area contributed by atoms with Crippen LogP contribution >= 0.6 is 24.8 Å². The van der Waals surface area contributed by atoms with Crippen LogP contribution in [0.2, 0.25) is 0 Å². The molecule has 0 spiro atoms. The summed E-state index contributed by atoms with van der Waals surface area (Å²) in [5.74, 6) is 1.40. The van der Waals surface area contributed by atoms with Crippen LogP contribution < -0.4 is 11.1 Å². The van der Waals surface area contributed by atoms with Gasteiger partial charge in [-0.15, -0.1) is 24.8 Å². The molecule has 2 saturated carbocycles. The number of hydrogen-bond donors (Lipinski definition) is 2. The van der Waals surface area contributed by atoms with Gasteiger partial charge in [0.15, 0.2) is 0 Å². The molecule has 3 fully saturated rings. The van der Waals surface area contributed by atoms with Crippen LogP contribution in [-0.2, 0) is 9.53 Å². The Morgan fingerprint density at radius 2 is 1.86 bits per heavy atom. The molecule has 1 heterocycles. The zero-order valence-corrected chi connectivity index (χ0v) is 14.0. The van der Waals surface area contributed by atoms with Crippen LogP contribution in [0.25, 0.3) is 0 Å². The van der Waals surface area contributed by atoms with Crippen molar-refractivity contribution in [1.29, 1.82) is 0 Å². The predicted octanol–water partition coefficient (Wildman–Crippen LogP) is 0.652. The number of rotatable bonds is 4. The minimum atomic E-state index is 0. The SMILES string of the molecule is Cl.Cl.NC1C2CCC(C2)C1C(=O)NCCN1CCOCC1. The van der Waals surface area contributed by atoms with E-state index in [9.17, 15) is 4.79 Å². The average molecular weight is 340 g/mol. The van der Waals surface area contributed by atoms with E-state index < -0.39 is 0 Å². The number of nitrogens with one attached hydrogen (secondary N) is 1. The predicted molar refractivity (Wildman–Crippen MR) is 87.1 cm³/mol. The molecule has 0 aromatic carbocycles. The number of nitrogens with zero attached hydrogens (tertiary/aromatic N) is 1. The van der Waals surface area contributed by atoms with Crippen LogP contribution in [0.5, 0.6) is 0 Å². The summed E-state index contributed by atoms with van der Waals surface area (Å²) < 4.78 is 5.31. The third kappa shape index (κ3) is 4.23. The summed E-state index contributed by atoms with van der Waals surface area (Å²) in [7, 11) is 0. The van der Waals surface area contributed by atoms with Gasteiger partial charge in [0.2, 0.25) is 5.91 Å². The summed E-state index contributed by atoms with van der Waals surface area (Å²) in [6, 6.07) is 0.0992. The van der Waals surface area contributed by atoms with Gasteiger partial charge in [0.05, 0.1) is 19.1 Å². The van der Waals surface area contributed by atoms with Gasteiger partial charge in [0.1, 0.15) is 0 Å². The molecule has 124 valence electrons. The number of hydrogen-bond acceptors (Lipinski definition) is 4. The van der Waals surface area contributed by atoms with Crippen LogP contribution in [-0.4, -0.2) is 56.2 Å². The fourth-order valence-electron chi connectivity index (χ4n) is 4.00. The van der Waals surface area contributed by atoms with Gasteiger partial charge in [0, 0.05) is 32.2 Å². The summed E-state index contributed by atoms with van der Waals surface area (Å²) in [6.07, 6.45) is 3.59. The van der Waals surface area contributed by atoms with E-state index in [4.69, 9.17) is 10.5 Å². The Morgan fingerprint density at radius 1 is 1.19 bits per heavy atom. The Kier molecular flexibility index (Phi) is 7.71. The number of nitrogens with two attached hydrogens (primary N) is 1. The molecule has 1 saturated heterocycles. The van der Waals surface area contributed by atoms with Gasteiger partial charge < -0.3 is 15.8 Å². The largest absolute Gasteiger partial charge is 0.379 e. The van der Waals surface area contributed by atoms with Crippen LogP contribution in [0.4, 0.5) is 0 Å². The topological polar surface area (TPSA) is 67.6 Å². The van der Waals surface area contributed by atoms with E-state index in [0.29, 0.717) is 11.8 Å². The molecule has 0 aromatic rings. The third-order valence-corrected chi connectivity index (χ3v) is 5.11. The summed E-state index contributed by atoms with van der Waals surface area (Å²) >= 11 is 0. The highest BCUT2D eigenvalue weighted by Crippen LogP contribution is 2.47. The van der Waals surface area contributed by atoms with Gasteiger partial charge in [0.25, 0.3) is 0 Å². The normalized spacial score (nSPS) is 34.9. The molecule has 4 unspecified atom stereocenters. The van der Waals surface area contributed by atoms with Crippen LogP contribution in [0.15, 0.2) is 0 Å². The van der Waals surface area contributed by atoms with E-state index in [1.54, 1.807) is 0 Å². The van der Waals surface area contributed by atoms with E-state index in [-0.39, 0.29) is 42.7 Å². The van der Waals surface area contributed by atoms with Crippen molar-refractivity contribution in [3.05, 3.63) is 0 Å². The Morgan fingerprint density at radius 3 is 2.48 bits per heavy atom. The molecule has 5 nitrogen and oxygen atoms in total. The monoisotopic (exact) mass is 339 g/mol. The fraction of sp³-hybridized carbons (Fsp3) is 0.929. The number of carbonyl (C=O) groups excluding carboxylic acids is 1. The molecule has 1 aliphatic heterocycles. The first-order chi connectivity index (χ1) is 9.25. The van der Waals surface area contributed by atoms with Crippen LogP contribution in [0, 0.1) is 17.8 Å². The maximum atomic E-state index is 12.3. The molecule has 3 rings (SSSR count). The molecular formula is C14H27Cl2N3O2. The quantitative estimate of drug-likeness (QED) is 0.789. The highest BCUT2D eigenvalue weighted by Gasteiger charge is 2.48. The Hall–Kier alpha value is -0.0700. The van der Waals surface area contributed by atoms with Gasteiger partial charge >= 0.3 is 0 Å². The van der Waals surface area contributed by atoms with Crippen LogP contribution in [0.1, 0.15) is 19.3 Å². The minimum absolute atomic E-state index is 0. The first kappa shape index (κ1) is 19.0. The molecule has 7 heteroatoms. The number of ether oxygens (including phenoxy) is 1. The average Bonchev–Trinajstić information content (AvgIpc) is 3.00. The summed E-state index contributed by atoms with van der Waals surface area (Å²) in [6.45, 7) is 5.23. The first-order valence-electron chi connectivity index (χ1n) is 7.59. The smallest absolute Gasteiger partial charge is 0.225 e. The fourth-order valence-corrected chi connectivity index (χ4v) is 4.00. The minimum Gasteiger partial charge on any atom is -0.379 e. The van der Waals surface area contributed by atoms with Gasteiger partial charge in [-0.05, 0) is 31.1 Å². The molecule has 2 aliphatic carbocycles. The zero-order valence-electron chi connectivity index (χ0n) is 12.3. The van der Waals surface area contributed by atoms with Gasteiger partial charge in [-0.25, -0.2) is 0 Å². The number of morpholine rings is 1. The van der Waals surface area contributed by atoms with E-state index in [2.05, 4.69) is 10.2 Å². The van der Waals surface area contributed by atoms with Crippen molar-refractivity contribution in [2.45, 2.75) is 25.3 Å². The maximum absolute atomic E-state index is 12.3. The van der Waals surface area contributed by atoms with Crippen LogP contribution in [0.3, 0.4) is 0 Å². The molecule has 3 N–H and O–H groups in total. The van der Waals surface area contributed by atoms with Gasteiger partial charge in [-0.3, -0.25) is 9.69 Å².